The number of rotatable bonds is 1. The van der Waals surface area contributed by atoms with E-state index in [1.54, 1.807) is 0 Å². The van der Waals surface area contributed by atoms with Gasteiger partial charge in [-0.3, -0.25) is 0 Å². The Balaban J connectivity index is 2.13. The lowest BCUT2D eigenvalue weighted by atomic mass is 9.79. The molecule has 1 aromatic rings. The molecule has 0 saturated heterocycles. The van der Waals surface area contributed by atoms with Crippen molar-refractivity contribution in [3.8, 4) is 0 Å². The van der Waals surface area contributed by atoms with Crippen LogP contribution in [-0.2, 0) is 0 Å². The van der Waals surface area contributed by atoms with Crippen LogP contribution in [0.4, 0.5) is 0 Å². The van der Waals surface area contributed by atoms with Gasteiger partial charge < -0.3 is 0 Å². The van der Waals surface area contributed by atoms with Gasteiger partial charge in [-0.25, -0.2) is 0 Å². The van der Waals surface area contributed by atoms with E-state index in [4.69, 9.17) is 0 Å². The van der Waals surface area contributed by atoms with E-state index in [1.807, 2.05) is 0 Å². The van der Waals surface area contributed by atoms with Crippen molar-refractivity contribution in [2.45, 2.75) is 30.9 Å². The molecule has 64 valence electrons. The third-order valence-electron chi connectivity index (χ3n) is 2.63. The highest BCUT2D eigenvalue weighted by Gasteiger charge is 2.27. The Morgan fingerprint density at radius 3 is 2.67 bits per heavy atom. The first-order chi connectivity index (χ1) is 5.75. The molecule has 0 N–H and O–H groups in total. The van der Waals surface area contributed by atoms with Crippen LogP contribution in [0.15, 0.2) is 24.3 Å². The van der Waals surface area contributed by atoms with E-state index in [9.17, 15) is 0 Å². The summed E-state index contributed by atoms with van der Waals surface area (Å²) in [5.74, 6) is 0.785. The molecule has 0 spiro atoms. The largest absolute Gasteiger partial charge is 0.176 e. The molecule has 0 aromatic heterocycles. The molecule has 0 unspecified atom stereocenters. The molecule has 0 atom stereocenters. The highest BCUT2D eigenvalue weighted by Crippen LogP contribution is 2.39. The minimum absolute atomic E-state index is 0.649. The van der Waals surface area contributed by atoms with Gasteiger partial charge in [0.1, 0.15) is 0 Å². The van der Waals surface area contributed by atoms with E-state index < -0.39 is 0 Å². The summed E-state index contributed by atoms with van der Waals surface area (Å²) in [6.07, 6.45) is 2.51. The molecule has 0 bridgehead atoms. The molecular formula is C11H14S. The Morgan fingerprint density at radius 1 is 1.33 bits per heavy atom. The Labute approximate surface area is 79.4 Å². The Hall–Kier alpha value is -0.430. The first-order valence-corrected chi connectivity index (χ1v) is 5.02. The summed E-state index contributed by atoms with van der Waals surface area (Å²) in [6, 6.07) is 8.83. The van der Waals surface area contributed by atoms with Crippen molar-refractivity contribution < 1.29 is 0 Å². The zero-order valence-corrected chi connectivity index (χ0v) is 8.22. The fourth-order valence-corrected chi connectivity index (χ4v) is 2.29. The zero-order valence-electron chi connectivity index (χ0n) is 7.33. The van der Waals surface area contributed by atoms with Gasteiger partial charge in [-0.1, -0.05) is 29.8 Å². The lowest BCUT2D eigenvalue weighted by Crippen LogP contribution is -2.21. The quantitative estimate of drug-likeness (QED) is 0.627. The van der Waals surface area contributed by atoms with E-state index in [0.717, 1.165) is 5.92 Å². The molecule has 1 saturated carbocycles. The average Bonchev–Trinajstić information content (AvgIpc) is 1.99. The van der Waals surface area contributed by atoms with Crippen molar-refractivity contribution in [1.29, 1.82) is 0 Å². The van der Waals surface area contributed by atoms with Crippen LogP contribution in [0.1, 0.15) is 29.9 Å². The standard InChI is InChI=1S/C11H14S/c1-8-3-2-4-9(5-8)10-6-11(12)7-10/h2-5,10-12H,6-7H2,1H3. The molecule has 1 aliphatic rings. The van der Waals surface area contributed by atoms with Crippen LogP contribution in [0.25, 0.3) is 0 Å². The molecule has 1 heteroatoms. The van der Waals surface area contributed by atoms with Crippen molar-refractivity contribution >= 4 is 12.6 Å². The Morgan fingerprint density at radius 2 is 2.08 bits per heavy atom. The molecular weight excluding hydrogens is 164 g/mol. The SMILES string of the molecule is Cc1cccc(C2CC(S)C2)c1. The lowest BCUT2D eigenvalue weighted by molar-refractivity contribution is 0.437. The second-order valence-corrected chi connectivity index (χ2v) is 4.47. The van der Waals surface area contributed by atoms with Crippen LogP contribution in [0, 0.1) is 6.92 Å². The summed E-state index contributed by atoms with van der Waals surface area (Å²) in [4.78, 5) is 0. The number of thiol groups is 1. The third kappa shape index (κ3) is 1.51. The topological polar surface area (TPSA) is 0 Å². The second kappa shape index (κ2) is 3.14. The summed E-state index contributed by atoms with van der Waals surface area (Å²) in [7, 11) is 0. The van der Waals surface area contributed by atoms with Gasteiger partial charge in [0.2, 0.25) is 0 Å². The molecule has 1 aliphatic carbocycles. The van der Waals surface area contributed by atoms with Gasteiger partial charge in [-0.2, -0.15) is 12.6 Å². The lowest BCUT2D eigenvalue weighted by Gasteiger charge is -2.32. The zero-order chi connectivity index (χ0) is 8.55. The van der Waals surface area contributed by atoms with Gasteiger partial charge in [-0.15, -0.1) is 0 Å². The van der Waals surface area contributed by atoms with Crippen LogP contribution < -0.4 is 0 Å². The van der Waals surface area contributed by atoms with Crippen molar-refractivity contribution in [1.82, 2.24) is 0 Å². The first-order valence-electron chi connectivity index (χ1n) is 4.50. The maximum atomic E-state index is 4.42. The molecule has 0 aliphatic heterocycles. The molecule has 2 rings (SSSR count). The molecule has 1 fully saturated rings. The van der Waals surface area contributed by atoms with Gasteiger partial charge in [0.05, 0.1) is 0 Å². The molecule has 0 nitrogen and oxygen atoms in total. The normalized spacial score (nSPS) is 28.2. The Bertz CT molecular complexity index is 274. The minimum atomic E-state index is 0.649. The number of benzene rings is 1. The summed E-state index contributed by atoms with van der Waals surface area (Å²) < 4.78 is 0. The van der Waals surface area contributed by atoms with Crippen molar-refractivity contribution in [3.63, 3.8) is 0 Å². The Kier molecular flexibility index (Phi) is 2.14. The monoisotopic (exact) mass is 178 g/mol. The number of hydrogen-bond donors (Lipinski definition) is 1. The highest BCUT2D eigenvalue weighted by atomic mass is 32.1. The number of hydrogen-bond acceptors (Lipinski definition) is 1. The molecule has 1 aromatic carbocycles. The van der Waals surface area contributed by atoms with Gasteiger partial charge in [0.25, 0.3) is 0 Å². The minimum Gasteiger partial charge on any atom is -0.176 e. The third-order valence-corrected chi connectivity index (χ3v) is 3.05. The van der Waals surface area contributed by atoms with Crippen LogP contribution in [0.2, 0.25) is 0 Å². The van der Waals surface area contributed by atoms with E-state index in [2.05, 4.69) is 43.8 Å². The average molecular weight is 178 g/mol. The van der Waals surface area contributed by atoms with Gasteiger partial charge in [0, 0.05) is 5.25 Å². The van der Waals surface area contributed by atoms with Crippen molar-refractivity contribution in [2.24, 2.45) is 0 Å². The van der Waals surface area contributed by atoms with Gasteiger partial charge in [-0.05, 0) is 31.2 Å². The predicted molar refractivity (Wildman–Crippen MR) is 55.9 cm³/mol. The molecule has 0 radical (unpaired) electrons. The van der Waals surface area contributed by atoms with Crippen LogP contribution in [0.5, 0.6) is 0 Å². The van der Waals surface area contributed by atoms with Crippen LogP contribution in [-0.4, -0.2) is 5.25 Å². The van der Waals surface area contributed by atoms with E-state index in [-0.39, 0.29) is 0 Å². The maximum absolute atomic E-state index is 4.42. The van der Waals surface area contributed by atoms with E-state index in [1.165, 1.54) is 24.0 Å². The summed E-state index contributed by atoms with van der Waals surface area (Å²) in [5, 5.41) is 0.649. The smallest absolute Gasteiger partial charge is 0.00284 e. The first kappa shape index (κ1) is 8.18. The predicted octanol–water partition coefficient (Wildman–Crippen LogP) is 3.17. The van der Waals surface area contributed by atoms with Gasteiger partial charge in [0.15, 0.2) is 0 Å². The fourth-order valence-electron chi connectivity index (χ4n) is 1.78. The van der Waals surface area contributed by atoms with Crippen LogP contribution in [0.3, 0.4) is 0 Å². The summed E-state index contributed by atoms with van der Waals surface area (Å²) in [5.41, 5.74) is 2.87. The van der Waals surface area contributed by atoms with E-state index >= 15 is 0 Å². The fraction of sp³-hybridized carbons (Fsp3) is 0.455. The molecule has 12 heavy (non-hydrogen) atoms. The van der Waals surface area contributed by atoms with Crippen molar-refractivity contribution in [3.05, 3.63) is 35.4 Å². The summed E-state index contributed by atoms with van der Waals surface area (Å²) in [6.45, 7) is 2.15. The van der Waals surface area contributed by atoms with Gasteiger partial charge >= 0.3 is 0 Å². The number of aryl methyl sites for hydroxylation is 1. The second-order valence-electron chi connectivity index (χ2n) is 3.74. The van der Waals surface area contributed by atoms with Crippen molar-refractivity contribution in [2.75, 3.05) is 0 Å². The maximum Gasteiger partial charge on any atom is 0.00284 e. The molecule has 0 amide bonds. The highest BCUT2D eigenvalue weighted by molar-refractivity contribution is 7.81. The summed E-state index contributed by atoms with van der Waals surface area (Å²) >= 11 is 4.42. The van der Waals surface area contributed by atoms with Crippen LogP contribution >= 0.6 is 12.6 Å². The van der Waals surface area contributed by atoms with E-state index in [0.29, 0.717) is 5.25 Å². The molecule has 0 heterocycles.